The molecule has 0 aliphatic rings. The number of benzene rings is 1. The fourth-order valence-corrected chi connectivity index (χ4v) is 2.18. The minimum absolute atomic E-state index is 0.352. The third-order valence-corrected chi connectivity index (χ3v) is 3.32. The standard InChI is InChI=1S/C16H17ClN2O2/c1-2-14-15(9-12(10-19-14)16(18)20)21-7-6-11-4-3-5-13(17)8-11/h3-5,8-10H,2,6-7H2,1H3,(H2,18,20). The summed E-state index contributed by atoms with van der Waals surface area (Å²) in [6.07, 6.45) is 2.93. The Balaban J connectivity index is 2.05. The number of amides is 1. The predicted molar refractivity (Wildman–Crippen MR) is 82.8 cm³/mol. The number of nitrogens with zero attached hydrogens (tertiary/aromatic N) is 1. The van der Waals surface area contributed by atoms with Crippen molar-refractivity contribution in [1.82, 2.24) is 4.98 Å². The normalized spacial score (nSPS) is 10.4. The molecule has 0 aliphatic heterocycles. The highest BCUT2D eigenvalue weighted by Crippen LogP contribution is 2.19. The molecule has 2 aromatic rings. The van der Waals surface area contributed by atoms with Crippen LogP contribution in [0.5, 0.6) is 5.75 Å². The zero-order valence-corrected chi connectivity index (χ0v) is 12.6. The molecule has 0 fully saturated rings. The first-order chi connectivity index (χ1) is 10.1. The number of ether oxygens (including phenoxy) is 1. The van der Waals surface area contributed by atoms with Crippen molar-refractivity contribution < 1.29 is 9.53 Å². The van der Waals surface area contributed by atoms with Crippen LogP contribution in [0, 0.1) is 0 Å². The Hall–Kier alpha value is -2.07. The largest absolute Gasteiger partial charge is 0.491 e. The van der Waals surface area contributed by atoms with E-state index >= 15 is 0 Å². The summed E-state index contributed by atoms with van der Waals surface area (Å²) < 4.78 is 5.75. The maximum atomic E-state index is 11.2. The summed E-state index contributed by atoms with van der Waals surface area (Å²) in [6, 6.07) is 9.29. The van der Waals surface area contributed by atoms with E-state index in [2.05, 4.69) is 4.98 Å². The quantitative estimate of drug-likeness (QED) is 0.892. The molecule has 0 bridgehead atoms. The number of halogens is 1. The van der Waals surface area contributed by atoms with Crippen LogP contribution in [0.2, 0.25) is 5.02 Å². The molecule has 5 heteroatoms. The molecule has 0 unspecified atom stereocenters. The Morgan fingerprint density at radius 1 is 1.38 bits per heavy atom. The van der Waals surface area contributed by atoms with Crippen molar-refractivity contribution in [2.24, 2.45) is 5.73 Å². The number of hydrogen-bond acceptors (Lipinski definition) is 3. The monoisotopic (exact) mass is 304 g/mol. The van der Waals surface area contributed by atoms with Crippen LogP contribution in [0.15, 0.2) is 36.5 Å². The van der Waals surface area contributed by atoms with Gasteiger partial charge in [-0.25, -0.2) is 0 Å². The zero-order valence-electron chi connectivity index (χ0n) is 11.8. The first kappa shape index (κ1) is 15.3. The van der Waals surface area contributed by atoms with Crippen LogP contribution in [0.25, 0.3) is 0 Å². The Kier molecular flexibility index (Phi) is 5.17. The summed E-state index contributed by atoms with van der Waals surface area (Å²) in [5.41, 5.74) is 7.52. The fraction of sp³-hybridized carbons (Fsp3) is 0.250. The van der Waals surface area contributed by atoms with Crippen LogP contribution >= 0.6 is 11.6 Å². The molecule has 0 saturated carbocycles. The van der Waals surface area contributed by atoms with Gasteiger partial charge in [-0.2, -0.15) is 0 Å². The summed E-state index contributed by atoms with van der Waals surface area (Å²) in [4.78, 5) is 15.4. The molecule has 2 N–H and O–H groups in total. The lowest BCUT2D eigenvalue weighted by atomic mass is 10.1. The van der Waals surface area contributed by atoms with E-state index in [1.807, 2.05) is 31.2 Å². The summed E-state index contributed by atoms with van der Waals surface area (Å²) >= 11 is 5.94. The lowest BCUT2D eigenvalue weighted by Crippen LogP contribution is -2.13. The number of hydrogen-bond donors (Lipinski definition) is 1. The van der Waals surface area contributed by atoms with Crippen LogP contribution in [0.3, 0.4) is 0 Å². The SMILES string of the molecule is CCc1ncc(C(N)=O)cc1OCCc1cccc(Cl)c1. The van der Waals surface area contributed by atoms with Gasteiger partial charge in [0.05, 0.1) is 17.9 Å². The second kappa shape index (κ2) is 7.09. The molecule has 1 aromatic heterocycles. The van der Waals surface area contributed by atoms with Crippen molar-refractivity contribution in [3.8, 4) is 5.75 Å². The van der Waals surface area contributed by atoms with Crippen LogP contribution in [0.1, 0.15) is 28.5 Å². The highest BCUT2D eigenvalue weighted by Gasteiger charge is 2.09. The van der Waals surface area contributed by atoms with E-state index in [-0.39, 0.29) is 0 Å². The van der Waals surface area contributed by atoms with Gasteiger partial charge in [0.1, 0.15) is 5.75 Å². The Bertz CT molecular complexity index is 644. The van der Waals surface area contributed by atoms with Crippen molar-refractivity contribution in [3.63, 3.8) is 0 Å². The minimum Gasteiger partial charge on any atom is -0.491 e. The average Bonchev–Trinajstić information content (AvgIpc) is 2.47. The van der Waals surface area contributed by atoms with Crippen molar-refractivity contribution in [2.75, 3.05) is 6.61 Å². The average molecular weight is 305 g/mol. The summed E-state index contributed by atoms with van der Waals surface area (Å²) in [6.45, 7) is 2.47. The molecule has 0 aliphatic carbocycles. The smallest absolute Gasteiger partial charge is 0.250 e. The van der Waals surface area contributed by atoms with Gasteiger partial charge in [0, 0.05) is 17.6 Å². The number of nitrogens with two attached hydrogens (primary N) is 1. The second-order valence-corrected chi connectivity index (χ2v) is 5.05. The van der Waals surface area contributed by atoms with Crippen LogP contribution in [-0.4, -0.2) is 17.5 Å². The second-order valence-electron chi connectivity index (χ2n) is 4.62. The minimum atomic E-state index is -0.509. The summed E-state index contributed by atoms with van der Waals surface area (Å²) in [5.74, 6) is 0.0978. The van der Waals surface area contributed by atoms with E-state index in [0.717, 1.165) is 24.1 Å². The number of aryl methyl sites for hydroxylation is 1. The maximum Gasteiger partial charge on any atom is 0.250 e. The molecule has 4 nitrogen and oxygen atoms in total. The van der Waals surface area contributed by atoms with E-state index in [1.54, 1.807) is 6.07 Å². The molecular formula is C16H17ClN2O2. The van der Waals surface area contributed by atoms with E-state index in [0.29, 0.717) is 22.9 Å². The number of carbonyl (C=O) groups excluding carboxylic acids is 1. The number of carbonyl (C=O) groups is 1. The molecule has 1 heterocycles. The Morgan fingerprint density at radius 3 is 2.86 bits per heavy atom. The zero-order chi connectivity index (χ0) is 15.2. The molecule has 0 saturated heterocycles. The van der Waals surface area contributed by atoms with Crippen molar-refractivity contribution in [2.45, 2.75) is 19.8 Å². The van der Waals surface area contributed by atoms with Gasteiger partial charge in [-0.1, -0.05) is 30.7 Å². The molecule has 1 aromatic carbocycles. The molecule has 21 heavy (non-hydrogen) atoms. The number of primary amides is 1. The molecular weight excluding hydrogens is 288 g/mol. The van der Waals surface area contributed by atoms with Crippen molar-refractivity contribution in [1.29, 1.82) is 0 Å². The van der Waals surface area contributed by atoms with E-state index in [4.69, 9.17) is 22.1 Å². The third kappa shape index (κ3) is 4.20. The van der Waals surface area contributed by atoms with Gasteiger partial charge >= 0.3 is 0 Å². The lowest BCUT2D eigenvalue weighted by molar-refractivity contribution is 0.0999. The predicted octanol–water partition coefficient (Wildman–Crippen LogP) is 3.02. The molecule has 1 amide bonds. The van der Waals surface area contributed by atoms with Crippen LogP contribution in [-0.2, 0) is 12.8 Å². The highest BCUT2D eigenvalue weighted by atomic mass is 35.5. The van der Waals surface area contributed by atoms with Crippen LogP contribution in [0.4, 0.5) is 0 Å². The first-order valence-electron chi connectivity index (χ1n) is 6.76. The van der Waals surface area contributed by atoms with Crippen molar-refractivity contribution >= 4 is 17.5 Å². The third-order valence-electron chi connectivity index (χ3n) is 3.09. The number of rotatable bonds is 6. The van der Waals surface area contributed by atoms with E-state index in [1.165, 1.54) is 6.20 Å². The maximum absolute atomic E-state index is 11.2. The van der Waals surface area contributed by atoms with Gasteiger partial charge in [0.25, 0.3) is 0 Å². The van der Waals surface area contributed by atoms with Gasteiger partial charge in [-0.15, -0.1) is 0 Å². The van der Waals surface area contributed by atoms with Crippen LogP contribution < -0.4 is 10.5 Å². The highest BCUT2D eigenvalue weighted by molar-refractivity contribution is 6.30. The first-order valence-corrected chi connectivity index (χ1v) is 7.14. The fourth-order valence-electron chi connectivity index (χ4n) is 1.97. The molecule has 0 radical (unpaired) electrons. The molecule has 0 spiro atoms. The van der Waals surface area contributed by atoms with Gasteiger partial charge in [0.2, 0.25) is 5.91 Å². The number of pyridine rings is 1. The van der Waals surface area contributed by atoms with Crippen molar-refractivity contribution in [3.05, 3.63) is 58.4 Å². The molecule has 0 atom stereocenters. The van der Waals surface area contributed by atoms with Gasteiger partial charge < -0.3 is 10.5 Å². The Labute approximate surface area is 128 Å². The topological polar surface area (TPSA) is 65.2 Å². The van der Waals surface area contributed by atoms with E-state index < -0.39 is 5.91 Å². The van der Waals surface area contributed by atoms with Gasteiger partial charge in [0.15, 0.2) is 0 Å². The number of aromatic nitrogens is 1. The summed E-state index contributed by atoms with van der Waals surface area (Å²) in [7, 11) is 0. The van der Waals surface area contributed by atoms with Gasteiger partial charge in [-0.05, 0) is 30.2 Å². The lowest BCUT2D eigenvalue weighted by Gasteiger charge is -2.11. The molecule has 2 rings (SSSR count). The summed E-state index contributed by atoms with van der Waals surface area (Å²) in [5, 5.41) is 0.708. The Morgan fingerprint density at radius 2 is 2.19 bits per heavy atom. The molecule has 110 valence electrons. The van der Waals surface area contributed by atoms with Gasteiger partial charge in [-0.3, -0.25) is 9.78 Å². The van der Waals surface area contributed by atoms with E-state index in [9.17, 15) is 4.79 Å².